The van der Waals surface area contributed by atoms with E-state index in [0.717, 1.165) is 44.4 Å². The van der Waals surface area contributed by atoms with Crippen molar-refractivity contribution in [1.82, 2.24) is 29.5 Å². The molecule has 1 N–H and O–H groups in total. The van der Waals surface area contributed by atoms with Gasteiger partial charge in [-0.3, -0.25) is 14.5 Å². The Bertz CT molecular complexity index is 1010. The van der Waals surface area contributed by atoms with Crippen LogP contribution in [0.5, 0.6) is 0 Å². The van der Waals surface area contributed by atoms with Gasteiger partial charge in [-0.05, 0) is 30.5 Å². The fourth-order valence-electron chi connectivity index (χ4n) is 5.00. The monoisotopic (exact) mass is 447 g/mol. The summed E-state index contributed by atoms with van der Waals surface area (Å²) >= 11 is 0. The molecule has 8 heteroatoms. The van der Waals surface area contributed by atoms with E-state index in [1.165, 1.54) is 18.4 Å². The quantitative estimate of drug-likeness (QED) is 0.594. The van der Waals surface area contributed by atoms with Gasteiger partial charge in [-0.1, -0.05) is 30.3 Å². The number of nitrogens with zero attached hydrogens (tertiary/aromatic N) is 7. The molecule has 1 aromatic carbocycles. The summed E-state index contributed by atoms with van der Waals surface area (Å²) in [4.78, 5) is 16.3. The summed E-state index contributed by atoms with van der Waals surface area (Å²) in [7, 11) is 0. The van der Waals surface area contributed by atoms with Crippen molar-refractivity contribution in [2.24, 2.45) is 0 Å². The van der Waals surface area contributed by atoms with Crippen molar-refractivity contribution in [2.75, 3.05) is 44.2 Å². The Morgan fingerprint density at radius 1 is 0.848 bits per heavy atom. The molecular formula is C25H33N7O. The van der Waals surface area contributed by atoms with Crippen LogP contribution in [0.4, 0.5) is 5.95 Å². The maximum Gasteiger partial charge on any atom is 0.225 e. The van der Waals surface area contributed by atoms with Gasteiger partial charge >= 0.3 is 0 Å². The highest BCUT2D eigenvalue weighted by Gasteiger charge is 2.36. The highest BCUT2D eigenvalue weighted by Crippen LogP contribution is 2.21. The number of benzene rings is 1. The molecule has 0 bridgehead atoms. The van der Waals surface area contributed by atoms with Crippen molar-refractivity contribution in [3.63, 3.8) is 0 Å². The lowest BCUT2D eigenvalue weighted by Gasteiger charge is -2.33. The molecule has 2 saturated heterocycles. The third-order valence-electron chi connectivity index (χ3n) is 6.51. The number of rotatable bonds is 7. The van der Waals surface area contributed by atoms with E-state index < -0.39 is 5.60 Å². The van der Waals surface area contributed by atoms with Gasteiger partial charge in [0.1, 0.15) is 5.60 Å². The van der Waals surface area contributed by atoms with E-state index in [-0.39, 0.29) is 0 Å². The van der Waals surface area contributed by atoms with Crippen LogP contribution in [0.1, 0.15) is 24.1 Å². The molecule has 2 fully saturated rings. The first-order valence-electron chi connectivity index (χ1n) is 11.9. The third-order valence-corrected chi connectivity index (χ3v) is 6.51. The van der Waals surface area contributed by atoms with Crippen LogP contribution in [-0.4, -0.2) is 79.5 Å². The molecule has 0 amide bonds. The second kappa shape index (κ2) is 9.99. The van der Waals surface area contributed by atoms with Gasteiger partial charge in [-0.2, -0.15) is 5.10 Å². The van der Waals surface area contributed by atoms with Gasteiger partial charge in [0.05, 0.1) is 12.2 Å². The molecule has 8 nitrogen and oxygen atoms in total. The minimum absolute atomic E-state index is 0.463. The summed E-state index contributed by atoms with van der Waals surface area (Å²) < 4.78 is 1.83. The summed E-state index contributed by atoms with van der Waals surface area (Å²) in [5.41, 5.74) is 1.35. The van der Waals surface area contributed by atoms with Gasteiger partial charge in [0.2, 0.25) is 5.95 Å². The Morgan fingerprint density at radius 3 is 2.33 bits per heavy atom. The molecule has 2 aliphatic rings. The average Bonchev–Trinajstić information content (AvgIpc) is 3.50. The first kappa shape index (κ1) is 22.0. The van der Waals surface area contributed by atoms with Crippen molar-refractivity contribution >= 4 is 5.95 Å². The van der Waals surface area contributed by atoms with Gasteiger partial charge in [-0.15, -0.1) is 0 Å². The molecule has 3 aromatic rings. The van der Waals surface area contributed by atoms with Crippen LogP contribution in [0.3, 0.4) is 0 Å². The maximum absolute atomic E-state index is 11.8. The minimum atomic E-state index is -0.915. The number of aliphatic hydroxyl groups is 1. The lowest BCUT2D eigenvalue weighted by Crippen LogP contribution is -2.49. The molecule has 0 radical (unpaired) electrons. The predicted octanol–water partition coefficient (Wildman–Crippen LogP) is 2.02. The first-order valence-corrected chi connectivity index (χ1v) is 11.9. The SMILES string of the molecule is O[C@@]1(Cn2cccn2)CN(Cc2ccccc2)CCN(Cc2ccnc(N3CCCC3)n2)C1. The van der Waals surface area contributed by atoms with E-state index in [4.69, 9.17) is 4.98 Å². The Kier molecular flexibility index (Phi) is 6.66. The van der Waals surface area contributed by atoms with Crippen molar-refractivity contribution in [3.05, 3.63) is 72.3 Å². The molecule has 2 aliphatic heterocycles. The molecule has 0 aliphatic carbocycles. The van der Waals surface area contributed by atoms with E-state index >= 15 is 0 Å². The number of aromatic nitrogens is 4. The minimum Gasteiger partial charge on any atom is -0.385 e. The largest absolute Gasteiger partial charge is 0.385 e. The second-order valence-corrected chi connectivity index (χ2v) is 9.38. The normalized spacial score (nSPS) is 22.5. The number of β-amino-alcohol motifs (C(OH)–C–C–N with tert-alkyl or cyclic N) is 1. The van der Waals surface area contributed by atoms with Crippen molar-refractivity contribution in [3.8, 4) is 0 Å². The molecule has 174 valence electrons. The fourth-order valence-corrected chi connectivity index (χ4v) is 5.00. The van der Waals surface area contributed by atoms with E-state index in [1.807, 2.05) is 35.3 Å². The van der Waals surface area contributed by atoms with Crippen molar-refractivity contribution < 1.29 is 5.11 Å². The van der Waals surface area contributed by atoms with Gasteiger partial charge in [0.15, 0.2) is 0 Å². The standard InChI is InChI=1S/C25H33N7O/c33-25(21-32-14-6-10-27-32)19-29(17-22-7-2-1-3-8-22)15-16-30(20-25)18-23-9-11-26-24(28-23)31-12-4-5-13-31/h1-3,6-11,14,33H,4-5,12-13,15-21H2/t25-/m0/s1. The molecule has 0 unspecified atom stereocenters. The number of anilines is 1. The Hall–Kier alpha value is -2.81. The highest BCUT2D eigenvalue weighted by molar-refractivity contribution is 5.31. The van der Waals surface area contributed by atoms with Crippen molar-refractivity contribution in [2.45, 2.75) is 38.1 Å². The molecule has 1 atom stereocenters. The zero-order chi connectivity index (χ0) is 22.5. The van der Waals surface area contributed by atoms with Crippen LogP contribution in [0.25, 0.3) is 0 Å². The molecular weight excluding hydrogens is 414 g/mol. The summed E-state index contributed by atoms with van der Waals surface area (Å²) in [5.74, 6) is 0.831. The number of hydrogen-bond donors (Lipinski definition) is 1. The zero-order valence-corrected chi connectivity index (χ0v) is 19.1. The van der Waals surface area contributed by atoms with Gasteiger partial charge in [0.25, 0.3) is 0 Å². The Labute approximate surface area is 195 Å². The molecule has 2 aromatic heterocycles. The average molecular weight is 448 g/mol. The van der Waals surface area contributed by atoms with E-state index in [1.54, 1.807) is 6.20 Å². The van der Waals surface area contributed by atoms with Crippen LogP contribution in [0, 0.1) is 0 Å². The lowest BCUT2D eigenvalue weighted by molar-refractivity contribution is -0.0220. The van der Waals surface area contributed by atoms with E-state index in [9.17, 15) is 5.11 Å². The fraction of sp³-hybridized carbons (Fsp3) is 0.480. The molecule has 0 saturated carbocycles. The van der Waals surface area contributed by atoms with Crippen LogP contribution in [0.15, 0.2) is 61.1 Å². The smallest absolute Gasteiger partial charge is 0.225 e. The van der Waals surface area contributed by atoms with Gasteiger partial charge in [0, 0.05) is 70.9 Å². The topological polar surface area (TPSA) is 73.6 Å². The summed E-state index contributed by atoms with van der Waals surface area (Å²) in [5, 5.41) is 16.1. The first-order chi connectivity index (χ1) is 16.2. The lowest BCUT2D eigenvalue weighted by atomic mass is 10.0. The van der Waals surface area contributed by atoms with Crippen molar-refractivity contribution in [1.29, 1.82) is 0 Å². The van der Waals surface area contributed by atoms with Crippen LogP contribution in [0.2, 0.25) is 0 Å². The summed E-state index contributed by atoms with van der Waals surface area (Å²) in [6.07, 6.45) is 7.96. The third kappa shape index (κ3) is 5.76. The molecule has 33 heavy (non-hydrogen) atoms. The Balaban J connectivity index is 1.32. The zero-order valence-electron chi connectivity index (χ0n) is 19.1. The van der Waals surface area contributed by atoms with Crippen LogP contribution in [-0.2, 0) is 19.6 Å². The van der Waals surface area contributed by atoms with E-state index in [2.05, 4.69) is 49.0 Å². The van der Waals surface area contributed by atoms with Crippen LogP contribution >= 0.6 is 0 Å². The van der Waals surface area contributed by atoms with Gasteiger partial charge < -0.3 is 10.0 Å². The Morgan fingerprint density at radius 2 is 1.61 bits per heavy atom. The van der Waals surface area contributed by atoms with Crippen LogP contribution < -0.4 is 4.90 Å². The van der Waals surface area contributed by atoms with Gasteiger partial charge in [-0.25, -0.2) is 9.97 Å². The second-order valence-electron chi connectivity index (χ2n) is 9.38. The maximum atomic E-state index is 11.8. The summed E-state index contributed by atoms with van der Waals surface area (Å²) in [6, 6.07) is 14.4. The summed E-state index contributed by atoms with van der Waals surface area (Å²) in [6.45, 7) is 6.98. The van der Waals surface area contributed by atoms with E-state index in [0.29, 0.717) is 26.2 Å². The highest BCUT2D eigenvalue weighted by atomic mass is 16.3. The number of hydrogen-bond acceptors (Lipinski definition) is 7. The predicted molar refractivity (Wildman–Crippen MR) is 128 cm³/mol. The molecule has 4 heterocycles. The molecule has 0 spiro atoms. The molecule has 5 rings (SSSR count).